The van der Waals surface area contributed by atoms with Gasteiger partial charge in [-0.15, -0.1) is 0 Å². The molecule has 1 amide bonds. The van der Waals surface area contributed by atoms with Gasteiger partial charge in [-0.3, -0.25) is 14.6 Å². The van der Waals surface area contributed by atoms with Gasteiger partial charge in [-0.05, 0) is 34.5 Å². The van der Waals surface area contributed by atoms with E-state index < -0.39 is 0 Å². The van der Waals surface area contributed by atoms with E-state index in [4.69, 9.17) is 14.2 Å². The second-order valence-corrected chi connectivity index (χ2v) is 6.46. The van der Waals surface area contributed by atoms with Crippen molar-refractivity contribution in [1.82, 2.24) is 15.3 Å². The summed E-state index contributed by atoms with van der Waals surface area (Å²) in [5.74, 6) is 0.241. The van der Waals surface area contributed by atoms with E-state index in [-0.39, 0.29) is 41.8 Å². The van der Waals surface area contributed by atoms with Crippen LogP contribution in [0, 0.1) is 0 Å². The van der Waals surface area contributed by atoms with Crippen LogP contribution in [-0.4, -0.2) is 49.0 Å². The summed E-state index contributed by atoms with van der Waals surface area (Å²) in [5, 5.41) is 2.72. The number of methoxy groups -OCH3 is 2. The molecule has 2 rings (SSSR count). The standard InChI is InChI=1S/C19H22BrN3O5/c1-4-7-22-16(25)11-28-17-12(5-6-15(26-2)18(17)27-3)14(24)10-13-19(20)23-9-8-21-13/h5-6,8-9H,4,7,10-11H2,1-3H3,(H,22,25). The molecule has 2 aromatic rings. The Morgan fingerprint density at radius 3 is 2.50 bits per heavy atom. The van der Waals surface area contributed by atoms with Crippen molar-refractivity contribution in [3.63, 3.8) is 0 Å². The molecule has 28 heavy (non-hydrogen) atoms. The van der Waals surface area contributed by atoms with Crippen LogP contribution in [0.15, 0.2) is 29.1 Å². The van der Waals surface area contributed by atoms with Gasteiger partial charge in [0.05, 0.1) is 31.9 Å². The highest BCUT2D eigenvalue weighted by Gasteiger charge is 2.23. The topological polar surface area (TPSA) is 99.6 Å². The molecule has 1 N–H and O–H groups in total. The highest BCUT2D eigenvalue weighted by atomic mass is 79.9. The number of hydrogen-bond donors (Lipinski definition) is 1. The van der Waals surface area contributed by atoms with Crippen molar-refractivity contribution in [3.8, 4) is 17.2 Å². The molecule has 0 saturated carbocycles. The Bertz CT molecular complexity index is 844. The van der Waals surface area contributed by atoms with Crippen molar-refractivity contribution in [2.45, 2.75) is 19.8 Å². The van der Waals surface area contributed by atoms with Gasteiger partial charge in [0.15, 0.2) is 23.9 Å². The van der Waals surface area contributed by atoms with Gasteiger partial charge in [0.25, 0.3) is 5.91 Å². The molecule has 8 nitrogen and oxygen atoms in total. The van der Waals surface area contributed by atoms with E-state index in [1.165, 1.54) is 26.6 Å². The molecule has 9 heteroatoms. The molecule has 0 bridgehead atoms. The lowest BCUT2D eigenvalue weighted by molar-refractivity contribution is -0.123. The molecule has 0 saturated heterocycles. The van der Waals surface area contributed by atoms with Crippen LogP contribution < -0.4 is 19.5 Å². The fraction of sp³-hybridized carbons (Fsp3) is 0.368. The third-order valence-electron chi connectivity index (χ3n) is 3.77. The number of hydrogen-bond acceptors (Lipinski definition) is 7. The Labute approximate surface area is 171 Å². The van der Waals surface area contributed by atoms with Crippen LogP contribution in [-0.2, 0) is 11.2 Å². The summed E-state index contributed by atoms with van der Waals surface area (Å²) in [5.41, 5.74) is 0.757. The van der Waals surface area contributed by atoms with Gasteiger partial charge in [-0.25, -0.2) is 4.98 Å². The molecule has 0 atom stereocenters. The fourth-order valence-electron chi connectivity index (χ4n) is 2.43. The summed E-state index contributed by atoms with van der Waals surface area (Å²) in [6.45, 7) is 2.25. The van der Waals surface area contributed by atoms with E-state index >= 15 is 0 Å². The van der Waals surface area contributed by atoms with E-state index in [9.17, 15) is 9.59 Å². The number of nitrogens with zero attached hydrogens (tertiary/aromatic N) is 2. The Balaban J connectivity index is 2.32. The molecule has 0 aliphatic heterocycles. The van der Waals surface area contributed by atoms with Crippen LogP contribution in [0.25, 0.3) is 0 Å². The maximum Gasteiger partial charge on any atom is 0.257 e. The van der Waals surface area contributed by atoms with E-state index in [1.807, 2.05) is 6.92 Å². The summed E-state index contributed by atoms with van der Waals surface area (Å²) < 4.78 is 16.8. The first-order valence-corrected chi connectivity index (χ1v) is 9.44. The Kier molecular flexibility index (Phi) is 8.19. The largest absolute Gasteiger partial charge is 0.493 e. The van der Waals surface area contributed by atoms with Crippen molar-refractivity contribution in [2.24, 2.45) is 0 Å². The second-order valence-electron chi connectivity index (χ2n) is 5.71. The summed E-state index contributed by atoms with van der Waals surface area (Å²) in [6, 6.07) is 3.19. The molecule has 0 spiro atoms. The molecule has 1 aromatic carbocycles. The number of nitrogens with one attached hydrogen (secondary N) is 1. The number of aromatic nitrogens is 2. The number of carbonyl (C=O) groups excluding carboxylic acids is 2. The van der Waals surface area contributed by atoms with Gasteiger partial charge in [-0.1, -0.05) is 6.92 Å². The molecule has 1 aromatic heterocycles. The predicted octanol–water partition coefficient (Wildman–Crippen LogP) is 2.59. The number of benzene rings is 1. The number of ether oxygens (including phenoxy) is 3. The zero-order chi connectivity index (χ0) is 20.5. The van der Waals surface area contributed by atoms with E-state index in [0.29, 0.717) is 22.6 Å². The van der Waals surface area contributed by atoms with Gasteiger partial charge in [-0.2, -0.15) is 0 Å². The summed E-state index contributed by atoms with van der Waals surface area (Å²) >= 11 is 3.29. The maximum absolute atomic E-state index is 12.9. The van der Waals surface area contributed by atoms with Crippen LogP contribution in [0.1, 0.15) is 29.4 Å². The zero-order valence-corrected chi connectivity index (χ0v) is 17.5. The zero-order valence-electron chi connectivity index (χ0n) is 16.0. The van der Waals surface area contributed by atoms with Gasteiger partial charge >= 0.3 is 0 Å². The lowest BCUT2D eigenvalue weighted by Gasteiger charge is -2.17. The SMILES string of the molecule is CCCNC(=O)COc1c(C(=O)Cc2nccnc2Br)ccc(OC)c1OC. The average molecular weight is 452 g/mol. The first kappa shape index (κ1) is 21.6. The fourth-order valence-corrected chi connectivity index (χ4v) is 2.79. The van der Waals surface area contributed by atoms with Crippen LogP contribution in [0.2, 0.25) is 0 Å². The monoisotopic (exact) mass is 451 g/mol. The highest BCUT2D eigenvalue weighted by Crippen LogP contribution is 2.40. The van der Waals surface area contributed by atoms with Gasteiger partial charge < -0.3 is 19.5 Å². The molecule has 0 aliphatic carbocycles. The number of amides is 1. The summed E-state index contributed by atoms with van der Waals surface area (Å²) in [6.07, 6.45) is 3.85. The van der Waals surface area contributed by atoms with Crippen LogP contribution in [0.3, 0.4) is 0 Å². The van der Waals surface area contributed by atoms with Crippen molar-refractivity contribution >= 4 is 27.6 Å². The van der Waals surface area contributed by atoms with E-state index in [1.54, 1.807) is 12.1 Å². The molecular weight excluding hydrogens is 430 g/mol. The van der Waals surface area contributed by atoms with Crippen molar-refractivity contribution in [3.05, 3.63) is 40.4 Å². The average Bonchev–Trinajstić information content (AvgIpc) is 2.71. The molecule has 0 unspecified atom stereocenters. The van der Waals surface area contributed by atoms with Crippen LogP contribution >= 0.6 is 15.9 Å². The van der Waals surface area contributed by atoms with Gasteiger partial charge in [0.2, 0.25) is 5.75 Å². The Hall–Kier alpha value is -2.68. The van der Waals surface area contributed by atoms with Crippen molar-refractivity contribution in [1.29, 1.82) is 0 Å². The third kappa shape index (κ3) is 5.41. The lowest BCUT2D eigenvalue weighted by Crippen LogP contribution is -2.29. The quantitative estimate of drug-likeness (QED) is 0.554. The number of Topliss-reactive ketones (excluding diaryl/α,β-unsaturated/α-hetero) is 1. The van der Waals surface area contributed by atoms with Crippen LogP contribution in [0.4, 0.5) is 0 Å². The molecule has 1 heterocycles. The molecule has 0 fully saturated rings. The number of halogens is 1. The number of carbonyl (C=O) groups is 2. The van der Waals surface area contributed by atoms with Crippen molar-refractivity contribution < 1.29 is 23.8 Å². The first-order valence-electron chi connectivity index (χ1n) is 8.64. The normalized spacial score (nSPS) is 10.3. The van der Waals surface area contributed by atoms with Crippen LogP contribution in [0.5, 0.6) is 17.2 Å². The minimum atomic E-state index is -0.290. The maximum atomic E-state index is 12.9. The first-order chi connectivity index (χ1) is 13.5. The molecular formula is C19H22BrN3O5. The molecule has 0 aliphatic rings. The second kappa shape index (κ2) is 10.6. The third-order valence-corrected chi connectivity index (χ3v) is 4.43. The Morgan fingerprint density at radius 2 is 1.86 bits per heavy atom. The minimum Gasteiger partial charge on any atom is -0.493 e. The smallest absolute Gasteiger partial charge is 0.257 e. The van der Waals surface area contributed by atoms with E-state index in [2.05, 4.69) is 31.2 Å². The minimum absolute atomic E-state index is 0.00228. The number of rotatable bonds is 10. The Morgan fingerprint density at radius 1 is 1.11 bits per heavy atom. The summed E-state index contributed by atoms with van der Waals surface area (Å²) in [4.78, 5) is 33.1. The summed E-state index contributed by atoms with van der Waals surface area (Å²) in [7, 11) is 2.92. The van der Waals surface area contributed by atoms with Crippen molar-refractivity contribution in [2.75, 3.05) is 27.4 Å². The molecule has 0 radical (unpaired) electrons. The van der Waals surface area contributed by atoms with Gasteiger partial charge in [0, 0.05) is 18.9 Å². The predicted molar refractivity (Wildman–Crippen MR) is 106 cm³/mol. The van der Waals surface area contributed by atoms with E-state index in [0.717, 1.165) is 6.42 Å². The molecule has 150 valence electrons. The highest BCUT2D eigenvalue weighted by molar-refractivity contribution is 9.10. The lowest BCUT2D eigenvalue weighted by atomic mass is 10.0. The van der Waals surface area contributed by atoms with Gasteiger partial charge in [0.1, 0.15) is 4.60 Å². The number of ketones is 1.